The minimum absolute atomic E-state index is 0.181. The van der Waals surface area contributed by atoms with Crippen molar-refractivity contribution in [1.29, 1.82) is 0 Å². The van der Waals surface area contributed by atoms with Gasteiger partial charge in [-0.2, -0.15) is 0 Å². The molecule has 2 aromatic carbocycles. The Balaban J connectivity index is 1.96. The van der Waals surface area contributed by atoms with Gasteiger partial charge in [-0.3, -0.25) is 4.90 Å². The SMILES string of the molecule is CC1CN(C(c2ccccc2)c2ccc(F)cc2)CCN1. The summed E-state index contributed by atoms with van der Waals surface area (Å²) in [6.45, 7) is 5.20. The highest BCUT2D eigenvalue weighted by molar-refractivity contribution is 5.32. The fourth-order valence-electron chi connectivity index (χ4n) is 3.09. The maximum atomic E-state index is 13.2. The van der Waals surface area contributed by atoms with Crippen LogP contribution in [0.3, 0.4) is 0 Å². The number of hydrogen-bond acceptors (Lipinski definition) is 2. The minimum atomic E-state index is -0.181. The fraction of sp³-hybridized carbons (Fsp3) is 0.333. The lowest BCUT2D eigenvalue weighted by Crippen LogP contribution is -2.50. The van der Waals surface area contributed by atoms with Gasteiger partial charge in [0.25, 0.3) is 0 Å². The van der Waals surface area contributed by atoms with Gasteiger partial charge in [-0.15, -0.1) is 0 Å². The van der Waals surface area contributed by atoms with Crippen LogP contribution in [0.4, 0.5) is 4.39 Å². The molecular weight excluding hydrogens is 263 g/mol. The molecule has 1 heterocycles. The molecule has 2 atom stereocenters. The summed E-state index contributed by atoms with van der Waals surface area (Å²) in [4.78, 5) is 2.48. The van der Waals surface area contributed by atoms with E-state index < -0.39 is 0 Å². The van der Waals surface area contributed by atoms with Crippen LogP contribution in [0.1, 0.15) is 24.1 Å². The number of piperazine rings is 1. The van der Waals surface area contributed by atoms with Gasteiger partial charge < -0.3 is 5.32 Å². The van der Waals surface area contributed by atoms with Crippen molar-refractivity contribution in [3.8, 4) is 0 Å². The van der Waals surface area contributed by atoms with Crippen LogP contribution in [0.5, 0.6) is 0 Å². The third-order valence-corrected chi connectivity index (χ3v) is 4.07. The highest BCUT2D eigenvalue weighted by Gasteiger charge is 2.26. The summed E-state index contributed by atoms with van der Waals surface area (Å²) >= 11 is 0. The maximum Gasteiger partial charge on any atom is 0.123 e. The number of halogens is 1. The summed E-state index contributed by atoms with van der Waals surface area (Å²) in [5, 5.41) is 3.48. The van der Waals surface area contributed by atoms with Crippen molar-refractivity contribution in [1.82, 2.24) is 10.2 Å². The smallest absolute Gasteiger partial charge is 0.123 e. The van der Waals surface area contributed by atoms with Crippen molar-refractivity contribution in [2.75, 3.05) is 19.6 Å². The molecule has 1 saturated heterocycles. The van der Waals surface area contributed by atoms with Gasteiger partial charge in [0, 0.05) is 25.7 Å². The number of nitrogens with one attached hydrogen (secondary N) is 1. The third-order valence-electron chi connectivity index (χ3n) is 4.07. The molecule has 0 aliphatic carbocycles. The van der Waals surface area contributed by atoms with Crippen LogP contribution >= 0.6 is 0 Å². The largest absolute Gasteiger partial charge is 0.312 e. The molecule has 3 rings (SSSR count). The lowest BCUT2D eigenvalue weighted by molar-refractivity contribution is 0.170. The van der Waals surface area contributed by atoms with Crippen molar-refractivity contribution >= 4 is 0 Å². The number of nitrogens with zero attached hydrogens (tertiary/aromatic N) is 1. The van der Waals surface area contributed by atoms with E-state index in [1.807, 2.05) is 18.2 Å². The van der Waals surface area contributed by atoms with Crippen LogP contribution in [0, 0.1) is 5.82 Å². The van der Waals surface area contributed by atoms with Crippen molar-refractivity contribution in [2.24, 2.45) is 0 Å². The van der Waals surface area contributed by atoms with E-state index in [2.05, 4.69) is 41.4 Å². The van der Waals surface area contributed by atoms with Crippen LogP contribution in [0.2, 0.25) is 0 Å². The van der Waals surface area contributed by atoms with Crippen molar-refractivity contribution < 1.29 is 4.39 Å². The maximum absolute atomic E-state index is 13.2. The van der Waals surface area contributed by atoms with Crippen molar-refractivity contribution in [2.45, 2.75) is 19.0 Å². The van der Waals surface area contributed by atoms with E-state index in [1.54, 1.807) is 12.1 Å². The van der Waals surface area contributed by atoms with E-state index in [0.717, 1.165) is 25.2 Å². The van der Waals surface area contributed by atoms with Crippen molar-refractivity contribution in [3.05, 3.63) is 71.5 Å². The number of benzene rings is 2. The van der Waals surface area contributed by atoms with Crippen LogP contribution < -0.4 is 5.32 Å². The van der Waals surface area contributed by atoms with E-state index >= 15 is 0 Å². The Morgan fingerprint density at radius 2 is 1.71 bits per heavy atom. The molecular formula is C18H21FN2. The molecule has 0 amide bonds. The average Bonchev–Trinajstić information content (AvgIpc) is 2.51. The van der Waals surface area contributed by atoms with Crippen molar-refractivity contribution in [3.63, 3.8) is 0 Å². The zero-order valence-electron chi connectivity index (χ0n) is 12.3. The van der Waals surface area contributed by atoms with E-state index in [0.29, 0.717) is 6.04 Å². The molecule has 2 nitrogen and oxygen atoms in total. The summed E-state index contributed by atoms with van der Waals surface area (Å²) in [6.07, 6.45) is 0. The molecule has 0 spiro atoms. The zero-order chi connectivity index (χ0) is 14.7. The first-order chi connectivity index (χ1) is 10.2. The topological polar surface area (TPSA) is 15.3 Å². The van der Waals surface area contributed by atoms with Crippen LogP contribution in [0.25, 0.3) is 0 Å². The Kier molecular flexibility index (Phi) is 4.32. The first-order valence-corrected chi connectivity index (χ1v) is 7.52. The lowest BCUT2D eigenvalue weighted by atomic mass is 9.96. The quantitative estimate of drug-likeness (QED) is 0.931. The standard InChI is InChI=1S/C18H21FN2/c1-14-13-21(12-11-20-14)18(15-5-3-2-4-6-15)16-7-9-17(19)10-8-16/h2-10,14,18,20H,11-13H2,1H3. The predicted molar refractivity (Wildman–Crippen MR) is 83.7 cm³/mol. The molecule has 110 valence electrons. The summed E-state index contributed by atoms with van der Waals surface area (Å²) < 4.78 is 13.2. The molecule has 1 fully saturated rings. The highest BCUT2D eigenvalue weighted by atomic mass is 19.1. The van der Waals surface area contributed by atoms with E-state index in [1.165, 1.54) is 5.56 Å². The highest BCUT2D eigenvalue weighted by Crippen LogP contribution is 2.29. The molecule has 0 saturated carbocycles. The Morgan fingerprint density at radius 1 is 1.05 bits per heavy atom. The number of rotatable bonds is 3. The van der Waals surface area contributed by atoms with Gasteiger partial charge in [0.1, 0.15) is 5.82 Å². The molecule has 1 aliphatic rings. The van der Waals surface area contributed by atoms with Gasteiger partial charge >= 0.3 is 0 Å². The third kappa shape index (κ3) is 3.31. The monoisotopic (exact) mass is 284 g/mol. The van der Waals surface area contributed by atoms with Gasteiger partial charge in [-0.25, -0.2) is 4.39 Å². The molecule has 0 bridgehead atoms. The van der Waals surface area contributed by atoms with Gasteiger partial charge in [-0.05, 0) is 30.2 Å². The molecule has 1 aliphatic heterocycles. The van der Waals surface area contributed by atoms with Crippen LogP contribution in [0.15, 0.2) is 54.6 Å². The fourth-order valence-corrected chi connectivity index (χ4v) is 3.09. The Morgan fingerprint density at radius 3 is 2.38 bits per heavy atom. The van der Waals surface area contributed by atoms with E-state index in [9.17, 15) is 4.39 Å². The molecule has 0 radical (unpaired) electrons. The molecule has 0 aromatic heterocycles. The normalized spacial score (nSPS) is 21.1. The van der Waals surface area contributed by atoms with Gasteiger partial charge in [0.15, 0.2) is 0 Å². The lowest BCUT2D eigenvalue weighted by Gasteiger charge is -2.38. The van der Waals surface area contributed by atoms with Gasteiger partial charge in [-0.1, -0.05) is 42.5 Å². The Hall–Kier alpha value is -1.71. The summed E-state index contributed by atoms with van der Waals surface area (Å²) in [7, 11) is 0. The molecule has 21 heavy (non-hydrogen) atoms. The number of hydrogen-bond donors (Lipinski definition) is 1. The van der Waals surface area contributed by atoms with E-state index in [4.69, 9.17) is 0 Å². The summed E-state index contributed by atoms with van der Waals surface area (Å²) in [5.74, 6) is -0.181. The summed E-state index contributed by atoms with van der Waals surface area (Å²) in [5.41, 5.74) is 2.41. The Labute approximate surface area is 125 Å². The molecule has 1 N–H and O–H groups in total. The van der Waals surface area contributed by atoms with Gasteiger partial charge in [0.05, 0.1) is 6.04 Å². The first kappa shape index (κ1) is 14.2. The second-order valence-corrected chi connectivity index (χ2v) is 5.71. The Bertz CT molecular complexity index is 568. The molecule has 3 heteroatoms. The minimum Gasteiger partial charge on any atom is -0.312 e. The zero-order valence-corrected chi connectivity index (χ0v) is 12.3. The van der Waals surface area contributed by atoms with E-state index in [-0.39, 0.29) is 11.9 Å². The molecule has 2 unspecified atom stereocenters. The second-order valence-electron chi connectivity index (χ2n) is 5.71. The van der Waals surface area contributed by atoms with Crippen LogP contribution in [-0.2, 0) is 0 Å². The van der Waals surface area contributed by atoms with Gasteiger partial charge in [0.2, 0.25) is 0 Å². The van der Waals surface area contributed by atoms with Crippen LogP contribution in [-0.4, -0.2) is 30.6 Å². The average molecular weight is 284 g/mol. The molecule has 2 aromatic rings. The first-order valence-electron chi connectivity index (χ1n) is 7.52. The summed E-state index contributed by atoms with van der Waals surface area (Å²) in [6, 6.07) is 18.1. The second kappa shape index (κ2) is 6.37. The predicted octanol–water partition coefficient (Wildman–Crippen LogP) is 3.21.